The highest BCUT2D eigenvalue weighted by atomic mass is 79.9. The molecule has 0 saturated carbocycles. The Kier molecular flexibility index (Phi) is 2.65. The van der Waals surface area contributed by atoms with Crippen molar-refractivity contribution in [2.24, 2.45) is 0 Å². The summed E-state index contributed by atoms with van der Waals surface area (Å²) in [6, 6.07) is 1.30. The molecule has 0 bridgehead atoms. The Bertz CT molecular complexity index is 422. The Balaban J connectivity index is 2.63. The predicted molar refractivity (Wildman–Crippen MR) is 58.1 cm³/mol. The van der Waals surface area contributed by atoms with Gasteiger partial charge in [0.05, 0.1) is 21.8 Å². The maximum absolute atomic E-state index is 13.4. The van der Waals surface area contributed by atoms with Crippen LogP contribution in [0.1, 0.15) is 17.3 Å². The zero-order valence-corrected chi connectivity index (χ0v) is 9.60. The molecule has 80 valence electrons. The minimum absolute atomic E-state index is 0.0137. The summed E-state index contributed by atoms with van der Waals surface area (Å²) >= 11 is 3.20. The summed E-state index contributed by atoms with van der Waals surface area (Å²) in [6.45, 7) is 2.39. The minimum atomic E-state index is -0.555. The molecule has 1 heterocycles. The average Bonchev–Trinajstić information content (AvgIpc) is 2.17. The van der Waals surface area contributed by atoms with Gasteiger partial charge in [0.15, 0.2) is 12.0 Å². The van der Waals surface area contributed by atoms with Crippen LogP contribution in [0.5, 0.6) is 5.75 Å². The summed E-state index contributed by atoms with van der Waals surface area (Å²) in [6.07, 6.45) is 0.495. The van der Waals surface area contributed by atoms with E-state index in [9.17, 15) is 9.18 Å². The standard InChI is InChI=1S/C10H9BrFNO2/c1-5-4-15-10-7(11)2-8(12)6(3-14)9(10)13-5/h2-3,5,13H,4H2,1H3. The van der Waals surface area contributed by atoms with E-state index in [-0.39, 0.29) is 11.6 Å². The third-order valence-corrected chi connectivity index (χ3v) is 2.80. The molecule has 0 fully saturated rings. The molecule has 0 saturated heterocycles. The van der Waals surface area contributed by atoms with Crippen molar-refractivity contribution in [1.82, 2.24) is 0 Å². The van der Waals surface area contributed by atoms with Gasteiger partial charge in [0.25, 0.3) is 0 Å². The zero-order valence-electron chi connectivity index (χ0n) is 8.01. The van der Waals surface area contributed by atoms with Gasteiger partial charge >= 0.3 is 0 Å². The molecule has 15 heavy (non-hydrogen) atoms. The van der Waals surface area contributed by atoms with Crippen molar-refractivity contribution in [3.63, 3.8) is 0 Å². The lowest BCUT2D eigenvalue weighted by Crippen LogP contribution is -2.29. The number of hydrogen-bond acceptors (Lipinski definition) is 3. The fourth-order valence-corrected chi connectivity index (χ4v) is 2.03. The lowest BCUT2D eigenvalue weighted by molar-refractivity contribution is 0.111. The highest BCUT2D eigenvalue weighted by molar-refractivity contribution is 9.10. The summed E-state index contributed by atoms with van der Waals surface area (Å²) < 4.78 is 19.4. The number of benzene rings is 1. The lowest BCUT2D eigenvalue weighted by atomic mass is 10.1. The number of aldehydes is 1. The van der Waals surface area contributed by atoms with Crippen LogP contribution in [-0.2, 0) is 0 Å². The Morgan fingerprint density at radius 1 is 1.73 bits per heavy atom. The second kappa shape index (κ2) is 3.81. The van der Waals surface area contributed by atoms with Crippen LogP contribution in [0.4, 0.5) is 10.1 Å². The molecular formula is C10H9BrFNO2. The fraction of sp³-hybridized carbons (Fsp3) is 0.300. The topological polar surface area (TPSA) is 38.3 Å². The number of nitrogens with one attached hydrogen (secondary N) is 1. The molecule has 1 aromatic carbocycles. The molecule has 0 aliphatic carbocycles. The number of halogens is 2. The van der Waals surface area contributed by atoms with E-state index >= 15 is 0 Å². The molecule has 0 amide bonds. The average molecular weight is 274 g/mol. The number of carbonyl (C=O) groups excluding carboxylic acids is 1. The molecule has 1 unspecified atom stereocenters. The number of fused-ring (bicyclic) bond motifs is 1. The molecule has 1 N–H and O–H groups in total. The quantitative estimate of drug-likeness (QED) is 0.800. The third-order valence-electron chi connectivity index (χ3n) is 2.21. The van der Waals surface area contributed by atoms with Gasteiger partial charge in [-0.3, -0.25) is 4.79 Å². The van der Waals surface area contributed by atoms with Gasteiger partial charge < -0.3 is 10.1 Å². The number of carbonyl (C=O) groups is 1. The number of hydrogen-bond donors (Lipinski definition) is 1. The second-order valence-corrected chi connectivity index (χ2v) is 4.29. The first-order chi connectivity index (χ1) is 7.13. The minimum Gasteiger partial charge on any atom is -0.488 e. The van der Waals surface area contributed by atoms with Gasteiger partial charge in [0.1, 0.15) is 12.4 Å². The van der Waals surface area contributed by atoms with E-state index in [1.165, 1.54) is 6.07 Å². The molecule has 1 aliphatic rings. The number of ether oxygens (including phenoxy) is 1. The highest BCUT2D eigenvalue weighted by Gasteiger charge is 2.23. The maximum atomic E-state index is 13.4. The maximum Gasteiger partial charge on any atom is 0.157 e. The lowest BCUT2D eigenvalue weighted by Gasteiger charge is -2.26. The van der Waals surface area contributed by atoms with Gasteiger partial charge in [-0.2, -0.15) is 0 Å². The van der Waals surface area contributed by atoms with Crippen LogP contribution in [0.3, 0.4) is 0 Å². The molecule has 0 spiro atoms. The van der Waals surface area contributed by atoms with Crippen molar-refractivity contribution < 1.29 is 13.9 Å². The van der Waals surface area contributed by atoms with Crippen molar-refractivity contribution in [1.29, 1.82) is 0 Å². The first-order valence-electron chi connectivity index (χ1n) is 4.50. The molecule has 1 aliphatic heterocycles. The Labute approximate surface area is 94.7 Å². The predicted octanol–water partition coefficient (Wildman–Crippen LogP) is 2.59. The third kappa shape index (κ3) is 1.71. The first kappa shape index (κ1) is 10.4. The van der Waals surface area contributed by atoms with Crippen LogP contribution in [-0.4, -0.2) is 18.9 Å². The summed E-state index contributed by atoms with van der Waals surface area (Å²) in [7, 11) is 0. The number of anilines is 1. The van der Waals surface area contributed by atoms with Crippen LogP contribution in [0, 0.1) is 5.82 Å². The van der Waals surface area contributed by atoms with E-state index in [2.05, 4.69) is 21.2 Å². The van der Waals surface area contributed by atoms with Gasteiger partial charge in [0, 0.05) is 0 Å². The molecule has 0 aromatic heterocycles. The number of rotatable bonds is 1. The van der Waals surface area contributed by atoms with Crippen LogP contribution in [0.15, 0.2) is 10.5 Å². The fourth-order valence-electron chi connectivity index (χ4n) is 1.51. The molecule has 5 heteroatoms. The normalized spacial score (nSPS) is 18.7. The molecule has 2 rings (SSSR count). The van der Waals surface area contributed by atoms with Crippen molar-refractivity contribution in [2.45, 2.75) is 13.0 Å². The van der Waals surface area contributed by atoms with Crippen molar-refractivity contribution >= 4 is 27.9 Å². The largest absolute Gasteiger partial charge is 0.488 e. The van der Waals surface area contributed by atoms with Crippen LogP contribution in [0.2, 0.25) is 0 Å². The van der Waals surface area contributed by atoms with E-state index in [4.69, 9.17) is 4.74 Å². The van der Waals surface area contributed by atoms with Gasteiger partial charge in [-0.1, -0.05) is 0 Å². The van der Waals surface area contributed by atoms with E-state index in [1.54, 1.807) is 0 Å². The zero-order chi connectivity index (χ0) is 11.0. The summed E-state index contributed by atoms with van der Waals surface area (Å²) in [5.74, 6) is -0.0579. The van der Waals surface area contributed by atoms with Gasteiger partial charge in [-0.05, 0) is 28.9 Å². The Morgan fingerprint density at radius 3 is 3.13 bits per heavy atom. The summed E-state index contributed by atoms with van der Waals surface area (Å²) in [4.78, 5) is 10.8. The summed E-state index contributed by atoms with van der Waals surface area (Å²) in [5.41, 5.74) is 0.440. The summed E-state index contributed by atoms with van der Waals surface area (Å²) in [5, 5.41) is 3.03. The monoisotopic (exact) mass is 273 g/mol. The van der Waals surface area contributed by atoms with Crippen LogP contribution in [0.25, 0.3) is 0 Å². The van der Waals surface area contributed by atoms with E-state index < -0.39 is 5.82 Å². The SMILES string of the molecule is CC1COc2c(Br)cc(F)c(C=O)c2N1. The molecule has 1 aromatic rings. The van der Waals surface area contributed by atoms with Gasteiger partial charge in [0.2, 0.25) is 0 Å². The molecule has 3 nitrogen and oxygen atoms in total. The van der Waals surface area contributed by atoms with Crippen molar-refractivity contribution in [2.75, 3.05) is 11.9 Å². The molecule has 1 atom stereocenters. The van der Waals surface area contributed by atoms with Crippen molar-refractivity contribution in [3.8, 4) is 5.75 Å². The Morgan fingerprint density at radius 2 is 2.47 bits per heavy atom. The van der Waals surface area contributed by atoms with Crippen molar-refractivity contribution in [3.05, 3.63) is 21.9 Å². The van der Waals surface area contributed by atoms with E-state index in [0.29, 0.717) is 28.8 Å². The second-order valence-electron chi connectivity index (χ2n) is 3.43. The smallest absolute Gasteiger partial charge is 0.157 e. The first-order valence-corrected chi connectivity index (χ1v) is 5.29. The molecule has 0 radical (unpaired) electrons. The van der Waals surface area contributed by atoms with Gasteiger partial charge in [-0.15, -0.1) is 0 Å². The van der Waals surface area contributed by atoms with Crippen LogP contribution >= 0.6 is 15.9 Å². The van der Waals surface area contributed by atoms with E-state index in [1.807, 2.05) is 6.92 Å². The van der Waals surface area contributed by atoms with Crippen LogP contribution < -0.4 is 10.1 Å². The Hall–Kier alpha value is -1.10. The molecular weight excluding hydrogens is 265 g/mol. The highest BCUT2D eigenvalue weighted by Crippen LogP contribution is 2.39. The van der Waals surface area contributed by atoms with Gasteiger partial charge in [-0.25, -0.2) is 4.39 Å². The van der Waals surface area contributed by atoms with E-state index in [0.717, 1.165) is 0 Å².